The van der Waals surface area contributed by atoms with Gasteiger partial charge in [0.15, 0.2) is 0 Å². The average Bonchev–Trinajstić information content (AvgIpc) is 2.26. The van der Waals surface area contributed by atoms with Crippen molar-refractivity contribution >= 4 is 0 Å². The molecule has 0 aliphatic heterocycles. The third-order valence-corrected chi connectivity index (χ3v) is 2.84. The van der Waals surface area contributed by atoms with Crippen LogP contribution in [-0.4, -0.2) is 11.0 Å². The van der Waals surface area contributed by atoms with E-state index in [-0.39, 0.29) is 16.7 Å². The van der Waals surface area contributed by atoms with Gasteiger partial charge >= 0.3 is 0 Å². The Kier molecular flexibility index (Phi) is 9.04. The number of hydrogen-bond acceptors (Lipinski definition) is 1. The molecule has 0 aromatic carbocycles. The van der Waals surface area contributed by atoms with Crippen molar-refractivity contribution in [2.75, 3.05) is 0 Å². The highest BCUT2D eigenvalue weighted by atomic mass is 19.3. The number of hydrogen-bond donors (Lipinski definition) is 1. The van der Waals surface area contributed by atoms with Crippen LogP contribution < -0.4 is 0 Å². The molecule has 0 amide bonds. The lowest BCUT2D eigenvalue weighted by atomic mass is 9.81. The van der Waals surface area contributed by atoms with Gasteiger partial charge in [0.2, 0.25) is 0 Å². The fourth-order valence-electron chi connectivity index (χ4n) is 2.00. The number of halogens is 2. The molecular formula is C17H32F2O. The monoisotopic (exact) mass is 290 g/mol. The molecule has 1 nitrogen and oxygen atoms in total. The number of aliphatic hydroxyl groups is 1. The number of alkyl halides is 2. The lowest BCUT2D eigenvalue weighted by Crippen LogP contribution is -2.21. The first-order chi connectivity index (χ1) is 8.90. The van der Waals surface area contributed by atoms with Gasteiger partial charge in [0.05, 0.1) is 5.76 Å². The van der Waals surface area contributed by atoms with Crippen LogP contribution in [-0.2, 0) is 0 Å². The molecule has 0 rings (SSSR count). The number of aliphatic hydroxyl groups excluding tert-OH is 1. The average molecular weight is 290 g/mol. The van der Waals surface area contributed by atoms with Crippen molar-refractivity contribution in [1.82, 2.24) is 0 Å². The van der Waals surface area contributed by atoms with E-state index in [0.29, 0.717) is 24.0 Å². The number of rotatable bonds is 4. The summed E-state index contributed by atoms with van der Waals surface area (Å²) in [5.74, 6) is -2.93. The summed E-state index contributed by atoms with van der Waals surface area (Å²) in [6, 6.07) is 0. The lowest BCUT2D eigenvalue weighted by Gasteiger charge is -2.27. The maximum atomic E-state index is 13.8. The summed E-state index contributed by atoms with van der Waals surface area (Å²) in [5, 5.41) is 9.77. The maximum Gasteiger partial charge on any atom is 0.270 e. The maximum absolute atomic E-state index is 13.8. The molecule has 0 bridgehead atoms. The lowest BCUT2D eigenvalue weighted by molar-refractivity contribution is 0.0627. The first-order valence-corrected chi connectivity index (χ1v) is 7.37. The van der Waals surface area contributed by atoms with Crippen LogP contribution in [0.1, 0.15) is 75.2 Å². The van der Waals surface area contributed by atoms with E-state index >= 15 is 0 Å². The molecule has 0 heterocycles. The largest absolute Gasteiger partial charge is 0.512 e. The molecule has 120 valence electrons. The van der Waals surface area contributed by atoms with Gasteiger partial charge in [0.25, 0.3) is 5.92 Å². The predicted molar refractivity (Wildman–Crippen MR) is 84.4 cm³/mol. The van der Waals surface area contributed by atoms with Gasteiger partial charge in [-0.25, -0.2) is 8.78 Å². The van der Waals surface area contributed by atoms with Gasteiger partial charge in [0.1, 0.15) is 0 Å². The van der Waals surface area contributed by atoms with E-state index in [9.17, 15) is 13.9 Å². The van der Waals surface area contributed by atoms with Gasteiger partial charge in [0, 0.05) is 12.5 Å². The zero-order valence-electron chi connectivity index (χ0n) is 14.6. The van der Waals surface area contributed by atoms with E-state index in [4.69, 9.17) is 0 Å². The van der Waals surface area contributed by atoms with Crippen LogP contribution in [0, 0.1) is 5.41 Å². The van der Waals surface area contributed by atoms with Crippen LogP contribution in [0.2, 0.25) is 0 Å². The topological polar surface area (TPSA) is 20.2 Å². The van der Waals surface area contributed by atoms with Gasteiger partial charge in [-0.15, -0.1) is 0 Å². The van der Waals surface area contributed by atoms with Crippen molar-refractivity contribution in [2.24, 2.45) is 5.41 Å². The minimum Gasteiger partial charge on any atom is -0.512 e. The molecule has 0 aromatic rings. The molecule has 0 aromatic heterocycles. The van der Waals surface area contributed by atoms with Gasteiger partial charge in [-0.1, -0.05) is 47.1 Å². The second-order valence-electron chi connectivity index (χ2n) is 6.20. The quantitative estimate of drug-likeness (QED) is 0.453. The van der Waals surface area contributed by atoms with Crippen LogP contribution in [0.4, 0.5) is 8.78 Å². The summed E-state index contributed by atoms with van der Waals surface area (Å²) >= 11 is 0. The van der Waals surface area contributed by atoms with Crippen molar-refractivity contribution in [3.05, 3.63) is 22.5 Å². The molecule has 0 saturated heterocycles. The Morgan fingerprint density at radius 3 is 1.60 bits per heavy atom. The second kappa shape index (κ2) is 8.43. The van der Waals surface area contributed by atoms with Crippen LogP contribution in [0.15, 0.2) is 22.5 Å². The fraction of sp³-hybridized carbons (Fsp3) is 0.765. The highest BCUT2D eigenvalue weighted by Gasteiger charge is 2.34. The first-order valence-electron chi connectivity index (χ1n) is 7.37. The normalized spacial score (nSPS) is 14.9. The molecule has 0 unspecified atom stereocenters. The smallest absolute Gasteiger partial charge is 0.270 e. The van der Waals surface area contributed by atoms with E-state index in [2.05, 4.69) is 0 Å². The Morgan fingerprint density at radius 1 is 1.00 bits per heavy atom. The Morgan fingerprint density at radius 2 is 1.40 bits per heavy atom. The predicted octanol–water partition coefficient (Wildman–Crippen LogP) is 6.66. The molecule has 0 atom stereocenters. The van der Waals surface area contributed by atoms with Crippen molar-refractivity contribution in [2.45, 2.75) is 81.1 Å². The summed E-state index contributed by atoms with van der Waals surface area (Å²) < 4.78 is 27.6. The van der Waals surface area contributed by atoms with Gasteiger partial charge < -0.3 is 5.11 Å². The summed E-state index contributed by atoms with van der Waals surface area (Å²) in [5.41, 5.74) is 0.869. The standard InChI is InChI=1S/C15H26F2O.C2H6/c1-8-10(2)13(15(7,16)17)12(11(3)18)9-14(4,5)6;1-2/h18H,8-9H2,1-7H3;1-2H3/b12-11+,13-10?;. The zero-order chi connectivity index (χ0) is 16.7. The molecule has 3 heteroatoms. The summed E-state index contributed by atoms with van der Waals surface area (Å²) in [4.78, 5) is 0. The first kappa shape index (κ1) is 21.4. The third-order valence-electron chi connectivity index (χ3n) is 2.84. The summed E-state index contributed by atoms with van der Waals surface area (Å²) in [6.45, 7) is 15.9. The molecular weight excluding hydrogens is 258 g/mol. The Hall–Kier alpha value is -0.860. The SMILES string of the molecule is CC.CCC(C)=C(/C(CC(C)(C)C)=C(\C)O)C(C)(F)F. The molecule has 0 fully saturated rings. The minimum absolute atomic E-state index is 0.0000694. The molecule has 1 N–H and O–H groups in total. The molecule has 0 aliphatic carbocycles. The van der Waals surface area contributed by atoms with Gasteiger partial charge in [-0.3, -0.25) is 0 Å². The Labute approximate surface area is 123 Å². The Balaban J connectivity index is 0. The van der Waals surface area contributed by atoms with E-state index in [1.54, 1.807) is 6.92 Å². The fourth-order valence-corrected chi connectivity index (χ4v) is 2.00. The minimum atomic E-state index is -2.93. The van der Waals surface area contributed by atoms with Crippen molar-refractivity contribution < 1.29 is 13.9 Å². The number of allylic oxidation sites excluding steroid dienone is 4. The van der Waals surface area contributed by atoms with E-state index < -0.39 is 5.92 Å². The van der Waals surface area contributed by atoms with Gasteiger partial charge in [-0.05, 0) is 37.7 Å². The van der Waals surface area contributed by atoms with Crippen LogP contribution in [0.5, 0.6) is 0 Å². The van der Waals surface area contributed by atoms with Crippen molar-refractivity contribution in [3.63, 3.8) is 0 Å². The second-order valence-corrected chi connectivity index (χ2v) is 6.20. The zero-order valence-corrected chi connectivity index (χ0v) is 14.6. The molecule has 20 heavy (non-hydrogen) atoms. The highest BCUT2D eigenvalue weighted by molar-refractivity contribution is 5.41. The van der Waals surface area contributed by atoms with E-state index in [1.165, 1.54) is 6.92 Å². The summed E-state index contributed by atoms with van der Waals surface area (Å²) in [7, 11) is 0. The van der Waals surface area contributed by atoms with E-state index in [0.717, 1.165) is 6.92 Å². The highest BCUT2D eigenvalue weighted by Crippen LogP contribution is 2.39. The van der Waals surface area contributed by atoms with Crippen LogP contribution >= 0.6 is 0 Å². The molecule has 0 spiro atoms. The third kappa shape index (κ3) is 7.66. The van der Waals surface area contributed by atoms with Crippen LogP contribution in [0.25, 0.3) is 0 Å². The van der Waals surface area contributed by atoms with Crippen LogP contribution in [0.3, 0.4) is 0 Å². The molecule has 0 saturated carbocycles. The molecule has 0 radical (unpaired) electrons. The molecule has 0 aliphatic rings. The van der Waals surface area contributed by atoms with Gasteiger partial charge in [-0.2, -0.15) is 0 Å². The Bertz CT molecular complexity index is 348. The van der Waals surface area contributed by atoms with E-state index in [1.807, 2.05) is 41.5 Å². The summed E-state index contributed by atoms with van der Waals surface area (Å²) in [6.07, 6.45) is 0.991. The van der Waals surface area contributed by atoms with Crippen molar-refractivity contribution in [1.29, 1.82) is 0 Å². The van der Waals surface area contributed by atoms with Crippen molar-refractivity contribution in [3.8, 4) is 0 Å².